The smallest absolute Gasteiger partial charge is 0.257 e. The molecule has 4 rings (SSSR count). The molecule has 0 unspecified atom stereocenters. The summed E-state index contributed by atoms with van der Waals surface area (Å²) in [6.07, 6.45) is 11.9. The van der Waals surface area contributed by atoms with Crippen LogP contribution in [0.15, 0.2) is 24.5 Å². The quantitative estimate of drug-likeness (QED) is 0.857. The third-order valence-corrected chi connectivity index (χ3v) is 6.17. The van der Waals surface area contributed by atoms with Crippen LogP contribution >= 0.6 is 11.3 Å². The number of nitrogens with zero attached hydrogens (tertiary/aromatic N) is 1. The highest BCUT2D eigenvalue weighted by atomic mass is 32.1. The van der Waals surface area contributed by atoms with Crippen LogP contribution in [0.2, 0.25) is 0 Å². The molecular weight excluding hydrogens is 346 g/mol. The maximum Gasteiger partial charge on any atom is 0.257 e. The Morgan fingerprint density at radius 2 is 1.88 bits per heavy atom. The van der Waals surface area contributed by atoms with E-state index in [0.29, 0.717) is 22.2 Å². The van der Waals surface area contributed by atoms with Crippen molar-refractivity contribution in [3.63, 3.8) is 0 Å². The summed E-state index contributed by atoms with van der Waals surface area (Å²) >= 11 is 1.57. The zero-order valence-electron chi connectivity index (χ0n) is 14.7. The predicted molar refractivity (Wildman–Crippen MR) is 103 cm³/mol. The van der Waals surface area contributed by atoms with Crippen LogP contribution in [0.5, 0.6) is 0 Å². The summed E-state index contributed by atoms with van der Waals surface area (Å²) in [5, 5.41) is 6.76. The SMILES string of the molecule is O=C(Nc1sc2c(c1C(=O)NC1CC1)CCCCCC2)c1cccnc1. The molecule has 0 bridgehead atoms. The molecule has 2 heterocycles. The van der Waals surface area contributed by atoms with Gasteiger partial charge in [-0.25, -0.2) is 0 Å². The number of anilines is 1. The molecule has 0 aliphatic heterocycles. The molecule has 2 aliphatic rings. The molecule has 5 nitrogen and oxygen atoms in total. The summed E-state index contributed by atoms with van der Waals surface area (Å²) in [6, 6.07) is 3.77. The molecule has 1 fully saturated rings. The Kier molecular flexibility index (Phi) is 5.02. The van der Waals surface area contributed by atoms with Crippen molar-refractivity contribution in [3.05, 3.63) is 46.1 Å². The lowest BCUT2D eigenvalue weighted by Crippen LogP contribution is -2.27. The van der Waals surface area contributed by atoms with Crippen LogP contribution in [0.25, 0.3) is 0 Å². The van der Waals surface area contributed by atoms with Crippen molar-refractivity contribution >= 4 is 28.2 Å². The maximum absolute atomic E-state index is 12.9. The highest BCUT2D eigenvalue weighted by Crippen LogP contribution is 2.37. The van der Waals surface area contributed by atoms with Crippen molar-refractivity contribution < 1.29 is 9.59 Å². The lowest BCUT2D eigenvalue weighted by Gasteiger charge is -2.12. The first-order valence-electron chi connectivity index (χ1n) is 9.39. The standard InChI is InChI=1S/C20H23N3O2S/c24-18(13-6-5-11-21-12-13)23-20-17(19(25)22-14-9-10-14)15-7-3-1-2-4-8-16(15)26-20/h5-6,11-12,14H,1-4,7-10H2,(H,22,25)(H,23,24). The number of pyridine rings is 1. The molecule has 26 heavy (non-hydrogen) atoms. The van der Waals surface area contributed by atoms with Crippen molar-refractivity contribution in [3.8, 4) is 0 Å². The largest absolute Gasteiger partial charge is 0.349 e. The van der Waals surface area contributed by atoms with Gasteiger partial charge in [0.2, 0.25) is 0 Å². The Morgan fingerprint density at radius 1 is 1.08 bits per heavy atom. The van der Waals surface area contributed by atoms with Crippen molar-refractivity contribution in [1.29, 1.82) is 0 Å². The number of amides is 2. The van der Waals surface area contributed by atoms with Gasteiger partial charge in [0, 0.05) is 23.3 Å². The van der Waals surface area contributed by atoms with Gasteiger partial charge in [-0.05, 0) is 56.2 Å². The van der Waals surface area contributed by atoms with Crippen LogP contribution in [-0.4, -0.2) is 22.8 Å². The van der Waals surface area contributed by atoms with Crippen molar-refractivity contribution in [1.82, 2.24) is 10.3 Å². The first kappa shape index (κ1) is 17.2. The average Bonchev–Trinajstić information content (AvgIpc) is 3.38. The maximum atomic E-state index is 12.9. The van der Waals surface area contributed by atoms with Gasteiger partial charge in [0.05, 0.1) is 11.1 Å². The number of hydrogen-bond donors (Lipinski definition) is 2. The van der Waals surface area contributed by atoms with Gasteiger partial charge < -0.3 is 10.6 Å². The van der Waals surface area contributed by atoms with Gasteiger partial charge in [0.1, 0.15) is 5.00 Å². The van der Waals surface area contributed by atoms with Crippen LogP contribution in [0, 0.1) is 0 Å². The molecule has 2 aromatic heterocycles. The minimum absolute atomic E-state index is 0.0351. The van der Waals surface area contributed by atoms with Crippen LogP contribution < -0.4 is 10.6 Å². The third kappa shape index (κ3) is 3.80. The summed E-state index contributed by atoms with van der Waals surface area (Å²) in [7, 11) is 0. The van der Waals surface area contributed by atoms with Gasteiger partial charge in [-0.2, -0.15) is 0 Å². The minimum atomic E-state index is -0.215. The van der Waals surface area contributed by atoms with Crippen LogP contribution in [0.4, 0.5) is 5.00 Å². The molecule has 0 spiro atoms. The second-order valence-electron chi connectivity index (χ2n) is 7.07. The zero-order chi connectivity index (χ0) is 17.9. The summed E-state index contributed by atoms with van der Waals surface area (Å²) < 4.78 is 0. The van der Waals surface area contributed by atoms with Gasteiger partial charge in [-0.1, -0.05) is 12.8 Å². The molecule has 0 atom stereocenters. The molecule has 2 amide bonds. The summed E-state index contributed by atoms with van der Waals surface area (Å²) in [4.78, 5) is 30.8. The number of aromatic nitrogens is 1. The molecule has 6 heteroatoms. The predicted octanol–water partition coefficient (Wildman–Crippen LogP) is 3.95. The van der Waals surface area contributed by atoms with Crippen molar-refractivity contribution in [2.45, 2.75) is 57.4 Å². The van der Waals surface area contributed by atoms with Crippen molar-refractivity contribution in [2.75, 3.05) is 5.32 Å². The topological polar surface area (TPSA) is 71.1 Å². The molecule has 136 valence electrons. The van der Waals surface area contributed by atoms with E-state index in [1.165, 1.54) is 17.7 Å². The normalized spacial score (nSPS) is 16.9. The number of rotatable bonds is 4. The van der Waals surface area contributed by atoms with Crippen LogP contribution in [-0.2, 0) is 12.8 Å². The van der Waals surface area contributed by atoms with E-state index in [9.17, 15) is 9.59 Å². The summed E-state index contributed by atoms with van der Waals surface area (Å²) in [6.45, 7) is 0. The average molecular weight is 369 g/mol. The van der Waals surface area contributed by atoms with Crippen LogP contribution in [0.1, 0.15) is 69.7 Å². The number of hydrogen-bond acceptors (Lipinski definition) is 4. The van der Waals surface area contributed by atoms with Crippen molar-refractivity contribution in [2.24, 2.45) is 0 Å². The number of carbonyl (C=O) groups is 2. The van der Waals surface area contributed by atoms with E-state index in [4.69, 9.17) is 0 Å². The lowest BCUT2D eigenvalue weighted by molar-refractivity contribution is 0.0951. The van der Waals surface area contributed by atoms with E-state index in [2.05, 4.69) is 15.6 Å². The number of carbonyl (C=O) groups excluding carboxylic acids is 2. The summed E-state index contributed by atoms with van der Waals surface area (Å²) in [5.74, 6) is -0.250. The molecular formula is C20H23N3O2S. The molecule has 0 radical (unpaired) electrons. The lowest BCUT2D eigenvalue weighted by atomic mass is 9.96. The zero-order valence-corrected chi connectivity index (χ0v) is 15.5. The molecule has 2 N–H and O–H groups in total. The highest BCUT2D eigenvalue weighted by molar-refractivity contribution is 7.17. The fourth-order valence-electron chi connectivity index (χ4n) is 3.41. The third-order valence-electron chi connectivity index (χ3n) is 4.96. The van der Waals surface area contributed by atoms with Gasteiger partial charge in [-0.3, -0.25) is 14.6 Å². The second-order valence-corrected chi connectivity index (χ2v) is 8.17. The fourth-order valence-corrected chi connectivity index (χ4v) is 4.69. The Morgan fingerprint density at radius 3 is 2.62 bits per heavy atom. The number of fused-ring (bicyclic) bond motifs is 1. The van der Waals surface area contributed by atoms with Gasteiger partial charge in [0.25, 0.3) is 11.8 Å². The van der Waals surface area contributed by atoms with Gasteiger partial charge in [0.15, 0.2) is 0 Å². The van der Waals surface area contributed by atoms with Crippen LogP contribution in [0.3, 0.4) is 0 Å². The molecule has 2 aliphatic carbocycles. The van der Waals surface area contributed by atoms with E-state index in [0.717, 1.165) is 44.1 Å². The Hall–Kier alpha value is -2.21. The van der Waals surface area contributed by atoms with Gasteiger partial charge in [-0.15, -0.1) is 11.3 Å². The molecule has 2 aromatic rings. The van der Waals surface area contributed by atoms with Gasteiger partial charge >= 0.3 is 0 Å². The van der Waals surface area contributed by atoms with E-state index in [-0.39, 0.29) is 11.8 Å². The summed E-state index contributed by atoms with van der Waals surface area (Å²) in [5.41, 5.74) is 2.34. The molecule has 0 aromatic carbocycles. The number of nitrogens with one attached hydrogen (secondary N) is 2. The van der Waals surface area contributed by atoms with E-state index < -0.39 is 0 Å². The number of aryl methyl sites for hydroxylation is 1. The highest BCUT2D eigenvalue weighted by Gasteiger charge is 2.29. The Balaban J connectivity index is 1.66. The first-order valence-corrected chi connectivity index (χ1v) is 10.2. The molecule has 0 saturated heterocycles. The monoisotopic (exact) mass is 369 g/mol. The first-order chi connectivity index (χ1) is 12.7. The Labute approximate surface area is 157 Å². The second kappa shape index (κ2) is 7.58. The van der Waals surface area contributed by atoms with E-state index in [1.54, 1.807) is 35.9 Å². The minimum Gasteiger partial charge on any atom is -0.349 e. The van der Waals surface area contributed by atoms with E-state index >= 15 is 0 Å². The molecule has 1 saturated carbocycles. The number of thiophene rings is 1. The Bertz CT molecular complexity index is 812. The van der Waals surface area contributed by atoms with E-state index in [1.807, 2.05) is 0 Å². The fraction of sp³-hybridized carbons (Fsp3) is 0.450.